The van der Waals surface area contributed by atoms with Crippen LogP contribution in [0.3, 0.4) is 0 Å². The number of unbranched alkanes of at least 4 members (excludes halogenated alkanes) is 1. The Bertz CT molecular complexity index is 200. The van der Waals surface area contributed by atoms with E-state index in [1.807, 2.05) is 0 Å². The Morgan fingerprint density at radius 1 is 1.33 bits per heavy atom. The summed E-state index contributed by atoms with van der Waals surface area (Å²) in [5.41, 5.74) is 0. The predicted octanol–water partition coefficient (Wildman–Crippen LogP) is 1.56. The van der Waals surface area contributed by atoms with Crippen LogP contribution in [-0.4, -0.2) is 44.1 Å². The number of hydrogen-bond donors (Lipinski definition) is 1. The van der Waals surface area contributed by atoms with Crippen molar-refractivity contribution in [2.75, 3.05) is 33.7 Å². The number of rotatable bonds is 8. The monoisotopic (exact) mass is 213 g/mol. The minimum atomic E-state index is -0.0751. The van der Waals surface area contributed by atoms with Crippen LogP contribution in [-0.2, 0) is 4.79 Å². The maximum absolute atomic E-state index is 10.9. The van der Waals surface area contributed by atoms with Gasteiger partial charge in [-0.1, -0.05) is 19.9 Å². The van der Waals surface area contributed by atoms with Gasteiger partial charge in [0.25, 0.3) is 0 Å². The Balaban J connectivity index is 3.56. The average Bonchev–Trinajstić information content (AvgIpc) is 2.21. The van der Waals surface area contributed by atoms with Gasteiger partial charge >= 0.3 is 0 Å². The van der Waals surface area contributed by atoms with Gasteiger partial charge in [0.05, 0.1) is 27.2 Å². The average molecular weight is 213 g/mol. The molecule has 3 heteroatoms. The third kappa shape index (κ3) is 8.18. The SMILES string of the molecule is C=CC(=O)NCCC[N+](C)(C)CCCC. The molecule has 0 radical (unpaired) electrons. The van der Waals surface area contributed by atoms with Crippen molar-refractivity contribution in [3.05, 3.63) is 12.7 Å². The van der Waals surface area contributed by atoms with Crippen LogP contribution in [0.15, 0.2) is 12.7 Å². The van der Waals surface area contributed by atoms with Crippen molar-refractivity contribution in [2.24, 2.45) is 0 Å². The summed E-state index contributed by atoms with van der Waals surface area (Å²) in [6.07, 6.45) is 4.86. The summed E-state index contributed by atoms with van der Waals surface area (Å²) < 4.78 is 1.04. The first-order valence-electron chi connectivity index (χ1n) is 5.74. The normalized spacial score (nSPS) is 11.1. The van der Waals surface area contributed by atoms with E-state index in [1.165, 1.54) is 25.5 Å². The second-order valence-electron chi connectivity index (χ2n) is 4.59. The molecule has 0 rings (SSSR count). The summed E-state index contributed by atoms with van der Waals surface area (Å²) in [4.78, 5) is 10.9. The number of quaternary nitrogens is 1. The Morgan fingerprint density at radius 2 is 1.93 bits per heavy atom. The summed E-state index contributed by atoms with van der Waals surface area (Å²) in [5.74, 6) is -0.0751. The van der Waals surface area contributed by atoms with E-state index in [0.717, 1.165) is 24.0 Å². The first kappa shape index (κ1) is 14.2. The Kier molecular flexibility index (Phi) is 7.05. The van der Waals surface area contributed by atoms with Gasteiger partial charge in [-0.3, -0.25) is 4.79 Å². The van der Waals surface area contributed by atoms with Crippen LogP contribution >= 0.6 is 0 Å². The summed E-state index contributed by atoms with van der Waals surface area (Å²) in [5, 5.41) is 2.79. The maximum Gasteiger partial charge on any atom is 0.243 e. The highest BCUT2D eigenvalue weighted by molar-refractivity contribution is 5.86. The molecule has 0 bridgehead atoms. The van der Waals surface area contributed by atoms with E-state index in [9.17, 15) is 4.79 Å². The smallest absolute Gasteiger partial charge is 0.243 e. The van der Waals surface area contributed by atoms with Crippen molar-refractivity contribution in [1.29, 1.82) is 0 Å². The predicted molar refractivity (Wildman–Crippen MR) is 64.6 cm³/mol. The van der Waals surface area contributed by atoms with Crippen LogP contribution in [0, 0.1) is 0 Å². The second kappa shape index (κ2) is 7.46. The number of amides is 1. The van der Waals surface area contributed by atoms with Crippen molar-refractivity contribution < 1.29 is 9.28 Å². The van der Waals surface area contributed by atoms with Crippen molar-refractivity contribution in [2.45, 2.75) is 26.2 Å². The van der Waals surface area contributed by atoms with E-state index >= 15 is 0 Å². The number of carbonyl (C=O) groups is 1. The molecule has 0 aliphatic carbocycles. The molecule has 1 N–H and O–H groups in total. The molecule has 0 atom stereocenters. The first-order chi connectivity index (χ1) is 7.02. The molecule has 1 amide bonds. The second-order valence-corrected chi connectivity index (χ2v) is 4.59. The molecular formula is C12H25N2O+. The van der Waals surface area contributed by atoms with E-state index < -0.39 is 0 Å². The summed E-state index contributed by atoms with van der Waals surface area (Å²) in [7, 11) is 4.48. The minimum Gasteiger partial charge on any atom is -0.352 e. The molecule has 88 valence electrons. The molecule has 3 nitrogen and oxygen atoms in total. The van der Waals surface area contributed by atoms with Crippen LogP contribution in [0.25, 0.3) is 0 Å². The molecule has 0 saturated carbocycles. The Morgan fingerprint density at radius 3 is 2.47 bits per heavy atom. The Labute approximate surface area is 93.7 Å². The number of carbonyl (C=O) groups excluding carboxylic acids is 1. The highest BCUT2D eigenvalue weighted by Crippen LogP contribution is 2.02. The quantitative estimate of drug-likeness (QED) is 0.370. The van der Waals surface area contributed by atoms with Crippen molar-refractivity contribution in [1.82, 2.24) is 5.32 Å². The van der Waals surface area contributed by atoms with Gasteiger partial charge in [0.1, 0.15) is 0 Å². The third-order valence-corrected chi connectivity index (χ3v) is 2.54. The lowest BCUT2D eigenvalue weighted by Gasteiger charge is -2.29. The van der Waals surface area contributed by atoms with Crippen molar-refractivity contribution in [3.8, 4) is 0 Å². The highest BCUT2D eigenvalue weighted by atomic mass is 16.1. The fourth-order valence-corrected chi connectivity index (χ4v) is 1.49. The van der Waals surface area contributed by atoms with Crippen molar-refractivity contribution >= 4 is 5.91 Å². The molecule has 0 aromatic heterocycles. The molecular weight excluding hydrogens is 188 g/mol. The number of hydrogen-bond acceptors (Lipinski definition) is 1. The molecule has 0 aliphatic rings. The molecule has 0 heterocycles. The van der Waals surface area contributed by atoms with Crippen molar-refractivity contribution in [3.63, 3.8) is 0 Å². The van der Waals surface area contributed by atoms with Gasteiger partial charge in [-0.05, 0) is 12.5 Å². The van der Waals surface area contributed by atoms with Crippen LogP contribution in [0.1, 0.15) is 26.2 Å². The number of nitrogens with one attached hydrogen (secondary N) is 1. The zero-order chi connectivity index (χ0) is 11.7. The van der Waals surface area contributed by atoms with E-state index in [2.05, 4.69) is 32.9 Å². The molecule has 0 aromatic carbocycles. The highest BCUT2D eigenvalue weighted by Gasteiger charge is 2.12. The largest absolute Gasteiger partial charge is 0.352 e. The van der Waals surface area contributed by atoms with Gasteiger partial charge in [-0.25, -0.2) is 0 Å². The fourth-order valence-electron chi connectivity index (χ4n) is 1.49. The van der Waals surface area contributed by atoms with Crippen LogP contribution in [0.4, 0.5) is 0 Å². The van der Waals surface area contributed by atoms with E-state index in [4.69, 9.17) is 0 Å². The molecule has 0 aromatic rings. The van der Waals surface area contributed by atoms with Crippen LogP contribution in [0.5, 0.6) is 0 Å². The van der Waals surface area contributed by atoms with Crippen LogP contribution < -0.4 is 5.32 Å². The first-order valence-corrected chi connectivity index (χ1v) is 5.74. The summed E-state index contributed by atoms with van der Waals surface area (Å²) in [6.45, 7) is 8.70. The van der Waals surface area contributed by atoms with Crippen LogP contribution in [0.2, 0.25) is 0 Å². The minimum absolute atomic E-state index is 0.0751. The summed E-state index contributed by atoms with van der Waals surface area (Å²) >= 11 is 0. The van der Waals surface area contributed by atoms with E-state index in [1.54, 1.807) is 0 Å². The topological polar surface area (TPSA) is 29.1 Å². The molecule has 15 heavy (non-hydrogen) atoms. The van der Waals surface area contributed by atoms with Gasteiger partial charge in [0.15, 0.2) is 0 Å². The molecule has 0 fully saturated rings. The molecule has 0 aliphatic heterocycles. The van der Waals surface area contributed by atoms with Gasteiger partial charge < -0.3 is 9.80 Å². The summed E-state index contributed by atoms with van der Waals surface area (Å²) in [6, 6.07) is 0. The van der Waals surface area contributed by atoms with E-state index in [-0.39, 0.29) is 5.91 Å². The Hall–Kier alpha value is -0.830. The van der Waals surface area contributed by atoms with Gasteiger partial charge in [0, 0.05) is 13.0 Å². The standard InChI is InChI=1S/C12H24N2O/c1-5-7-10-14(3,4)11-8-9-13-12(15)6-2/h6H,2,5,7-11H2,1,3-4H3/p+1. The number of nitrogens with zero attached hydrogens (tertiary/aromatic N) is 1. The lowest BCUT2D eigenvalue weighted by atomic mass is 10.2. The van der Waals surface area contributed by atoms with Gasteiger partial charge in [0.2, 0.25) is 5.91 Å². The van der Waals surface area contributed by atoms with Gasteiger partial charge in [-0.15, -0.1) is 0 Å². The molecule has 0 unspecified atom stereocenters. The zero-order valence-electron chi connectivity index (χ0n) is 10.4. The molecule has 0 saturated heterocycles. The molecule has 0 spiro atoms. The van der Waals surface area contributed by atoms with Gasteiger partial charge in [-0.2, -0.15) is 0 Å². The lowest BCUT2D eigenvalue weighted by Crippen LogP contribution is -2.42. The lowest BCUT2D eigenvalue weighted by molar-refractivity contribution is -0.890. The van der Waals surface area contributed by atoms with E-state index in [0.29, 0.717) is 0 Å². The maximum atomic E-state index is 10.9. The zero-order valence-corrected chi connectivity index (χ0v) is 10.4. The fraction of sp³-hybridized carbons (Fsp3) is 0.750. The third-order valence-electron chi connectivity index (χ3n) is 2.54.